The molecule has 2 aromatic carbocycles. The summed E-state index contributed by atoms with van der Waals surface area (Å²) in [4.78, 5) is 38.6. The third-order valence-corrected chi connectivity index (χ3v) is 7.81. The first-order valence-corrected chi connectivity index (χ1v) is 14.1. The number of amides is 4. The van der Waals surface area contributed by atoms with Crippen molar-refractivity contribution in [1.82, 2.24) is 24.7 Å². The molecular weight excluding hydrogens is 540 g/mol. The number of hydrogen-bond acceptors (Lipinski definition) is 7. The van der Waals surface area contributed by atoms with Gasteiger partial charge in [-0.05, 0) is 29.7 Å². The van der Waals surface area contributed by atoms with Gasteiger partial charge in [0.25, 0.3) is 5.69 Å². The van der Waals surface area contributed by atoms with Crippen LogP contribution in [0.25, 0.3) is 0 Å². The van der Waals surface area contributed by atoms with E-state index in [-0.39, 0.29) is 38.1 Å². The number of carbonyl (C=O) groups excluding carboxylic acids is 2. The van der Waals surface area contributed by atoms with E-state index in [0.717, 1.165) is 21.7 Å². The lowest BCUT2D eigenvalue weighted by Crippen LogP contribution is -2.48. The molecule has 0 aliphatic heterocycles. The van der Waals surface area contributed by atoms with Crippen molar-refractivity contribution in [2.45, 2.75) is 25.3 Å². The van der Waals surface area contributed by atoms with Crippen LogP contribution in [-0.4, -0.2) is 93.4 Å². The second-order valence-electron chi connectivity index (χ2n) is 9.56. The van der Waals surface area contributed by atoms with E-state index in [4.69, 9.17) is 4.74 Å². The van der Waals surface area contributed by atoms with E-state index in [9.17, 15) is 28.1 Å². The topological polar surface area (TPSA) is 154 Å². The highest BCUT2D eigenvalue weighted by atomic mass is 32.2. The van der Waals surface area contributed by atoms with Gasteiger partial charge in [-0.15, -0.1) is 0 Å². The molecule has 2 N–H and O–H groups in total. The molecule has 0 saturated heterocycles. The fraction of sp³-hybridized carbons (Fsp3) is 0.462. The number of likely N-dealkylation sites (N-methyl/N-ethyl adjacent to an activating group) is 1. The Hall–Kier alpha value is -3.91. The normalized spacial score (nSPS) is 11.3. The lowest BCUT2D eigenvalue weighted by molar-refractivity contribution is -0.387. The lowest BCUT2D eigenvalue weighted by atomic mass is 10.2. The van der Waals surface area contributed by atoms with Gasteiger partial charge in [-0.25, -0.2) is 18.0 Å². The van der Waals surface area contributed by atoms with Crippen LogP contribution in [-0.2, 0) is 16.6 Å². The van der Waals surface area contributed by atoms with Crippen LogP contribution in [0.1, 0.15) is 19.4 Å². The molecule has 0 bridgehead atoms. The van der Waals surface area contributed by atoms with Gasteiger partial charge in [0.05, 0.1) is 12.0 Å². The number of ether oxygens (including phenoxy) is 1. The van der Waals surface area contributed by atoms with Gasteiger partial charge < -0.3 is 25.2 Å². The van der Waals surface area contributed by atoms with Gasteiger partial charge in [0.1, 0.15) is 5.75 Å². The van der Waals surface area contributed by atoms with Crippen molar-refractivity contribution in [2.75, 3.05) is 53.9 Å². The molecule has 0 atom stereocenters. The Balaban J connectivity index is 1.88. The molecule has 2 aromatic rings. The quantitative estimate of drug-likeness (QED) is 0.258. The van der Waals surface area contributed by atoms with Crippen LogP contribution in [0.4, 0.5) is 15.3 Å². The van der Waals surface area contributed by atoms with Crippen LogP contribution < -0.4 is 15.4 Å². The van der Waals surface area contributed by atoms with Gasteiger partial charge >= 0.3 is 12.1 Å². The second kappa shape index (κ2) is 15.0. The van der Waals surface area contributed by atoms with E-state index in [2.05, 4.69) is 10.6 Å². The van der Waals surface area contributed by atoms with E-state index >= 15 is 0 Å². The predicted molar refractivity (Wildman–Crippen MR) is 151 cm³/mol. The molecule has 13 nitrogen and oxygen atoms in total. The Morgan fingerprint density at radius 1 is 0.975 bits per heavy atom. The van der Waals surface area contributed by atoms with Crippen LogP contribution in [0.5, 0.6) is 5.75 Å². The van der Waals surface area contributed by atoms with Crippen LogP contribution in [0.15, 0.2) is 53.4 Å². The minimum absolute atomic E-state index is 0.0131. The summed E-state index contributed by atoms with van der Waals surface area (Å²) in [6, 6.07) is 11.8. The van der Waals surface area contributed by atoms with E-state index in [1.54, 1.807) is 19.1 Å². The summed E-state index contributed by atoms with van der Waals surface area (Å²) in [7, 11) is 0.411. The van der Waals surface area contributed by atoms with E-state index in [1.165, 1.54) is 30.1 Å². The molecule has 0 saturated carbocycles. The lowest BCUT2D eigenvalue weighted by Gasteiger charge is -2.26. The fourth-order valence-electron chi connectivity index (χ4n) is 3.77. The van der Waals surface area contributed by atoms with Crippen molar-refractivity contribution in [1.29, 1.82) is 0 Å². The maximum absolute atomic E-state index is 12.9. The van der Waals surface area contributed by atoms with Crippen molar-refractivity contribution in [3.05, 3.63) is 64.2 Å². The molecule has 0 radical (unpaired) electrons. The van der Waals surface area contributed by atoms with Crippen LogP contribution in [0.2, 0.25) is 0 Å². The van der Waals surface area contributed by atoms with Crippen molar-refractivity contribution in [3.8, 4) is 5.75 Å². The average Bonchev–Trinajstić information content (AvgIpc) is 2.92. The molecule has 0 unspecified atom stereocenters. The Bertz CT molecular complexity index is 1250. The van der Waals surface area contributed by atoms with Crippen molar-refractivity contribution in [2.24, 2.45) is 5.92 Å². The predicted octanol–water partition coefficient (Wildman–Crippen LogP) is 2.73. The van der Waals surface area contributed by atoms with E-state index in [1.807, 2.05) is 38.1 Å². The largest absolute Gasteiger partial charge is 0.497 e. The number of rotatable bonds is 14. The van der Waals surface area contributed by atoms with Crippen LogP contribution >= 0.6 is 0 Å². The average molecular weight is 579 g/mol. The molecule has 14 heteroatoms. The summed E-state index contributed by atoms with van der Waals surface area (Å²) >= 11 is 0. The molecule has 0 aromatic heterocycles. The number of sulfonamides is 1. The number of nitrogens with zero attached hydrogens (tertiary/aromatic N) is 4. The molecule has 0 spiro atoms. The summed E-state index contributed by atoms with van der Waals surface area (Å²) in [6.07, 6.45) is 0. The molecule has 0 aliphatic carbocycles. The Labute approximate surface area is 235 Å². The van der Waals surface area contributed by atoms with E-state index in [0.29, 0.717) is 13.1 Å². The van der Waals surface area contributed by atoms with Crippen LogP contribution in [0, 0.1) is 16.0 Å². The highest BCUT2D eigenvalue weighted by molar-refractivity contribution is 7.89. The number of methoxy groups -OCH3 is 1. The zero-order chi connectivity index (χ0) is 29.9. The first-order chi connectivity index (χ1) is 18.9. The number of nitrogens with one attached hydrogen (secondary N) is 2. The van der Waals surface area contributed by atoms with Crippen molar-refractivity contribution >= 4 is 27.8 Å². The number of hydrogen-bond donors (Lipinski definition) is 2. The number of nitro groups is 1. The smallest absolute Gasteiger partial charge is 0.317 e. The number of para-hydroxylation sites is 1. The second-order valence-corrected chi connectivity index (χ2v) is 11.6. The fourth-order valence-corrected chi connectivity index (χ4v) is 5.10. The number of nitro benzene ring substituents is 1. The zero-order valence-corrected chi connectivity index (χ0v) is 24.3. The van der Waals surface area contributed by atoms with Gasteiger partial charge in [0.15, 0.2) is 4.90 Å². The standard InChI is InChI=1S/C26H38N6O7S/c1-20(2)18-31(17-15-27-25(33)29(3)19-21-10-12-22(39-5)13-11-21)26(34)28-14-16-30(4)40(37,38)24-9-7-6-8-23(24)32(35)36/h6-13,20H,14-19H2,1-5H3,(H,27,33)(H,28,34). The summed E-state index contributed by atoms with van der Waals surface area (Å²) in [5.74, 6) is 0.883. The molecule has 220 valence electrons. The third-order valence-electron chi connectivity index (χ3n) is 5.91. The molecule has 0 fully saturated rings. The molecule has 40 heavy (non-hydrogen) atoms. The zero-order valence-electron chi connectivity index (χ0n) is 23.5. The van der Waals surface area contributed by atoms with Gasteiger partial charge in [0, 0.05) is 59.4 Å². The maximum Gasteiger partial charge on any atom is 0.317 e. The number of benzene rings is 2. The highest BCUT2D eigenvalue weighted by Crippen LogP contribution is 2.25. The molecule has 0 heterocycles. The van der Waals surface area contributed by atoms with Gasteiger partial charge in [-0.2, -0.15) is 4.31 Å². The maximum atomic E-state index is 12.9. The first-order valence-electron chi connectivity index (χ1n) is 12.7. The molecule has 0 aliphatic rings. The monoisotopic (exact) mass is 578 g/mol. The molecule has 2 rings (SSSR count). The van der Waals surface area contributed by atoms with E-state index < -0.39 is 31.6 Å². The molecular formula is C26H38N6O7S. The summed E-state index contributed by atoms with van der Waals surface area (Å²) in [5, 5.41) is 16.8. The summed E-state index contributed by atoms with van der Waals surface area (Å²) in [5.41, 5.74) is 0.422. The van der Waals surface area contributed by atoms with Gasteiger partial charge in [-0.3, -0.25) is 10.1 Å². The number of carbonyl (C=O) groups is 2. The Morgan fingerprint density at radius 2 is 1.57 bits per heavy atom. The van der Waals surface area contributed by atoms with Crippen molar-refractivity contribution < 1.29 is 27.7 Å². The van der Waals surface area contributed by atoms with Crippen molar-refractivity contribution in [3.63, 3.8) is 0 Å². The summed E-state index contributed by atoms with van der Waals surface area (Å²) < 4.78 is 31.8. The minimum atomic E-state index is -4.14. The Morgan fingerprint density at radius 3 is 2.17 bits per heavy atom. The molecule has 4 amide bonds. The van der Waals surface area contributed by atoms with Gasteiger partial charge in [-0.1, -0.05) is 38.1 Å². The number of urea groups is 2. The first kappa shape index (κ1) is 32.3. The van der Waals surface area contributed by atoms with Gasteiger partial charge in [0.2, 0.25) is 10.0 Å². The Kier molecular flexibility index (Phi) is 12.1. The third kappa shape index (κ3) is 9.38. The summed E-state index contributed by atoms with van der Waals surface area (Å²) in [6.45, 7) is 5.09. The highest BCUT2D eigenvalue weighted by Gasteiger charge is 2.29. The minimum Gasteiger partial charge on any atom is -0.497 e. The SMILES string of the molecule is COc1ccc(CN(C)C(=O)NCCN(CC(C)C)C(=O)NCCN(C)S(=O)(=O)c2ccccc2[N+](=O)[O-])cc1. The van der Waals surface area contributed by atoms with Crippen LogP contribution in [0.3, 0.4) is 0 Å².